The maximum Gasteiger partial charge on any atom is 0.248 e. The lowest BCUT2D eigenvalue weighted by atomic mass is 10.1. The second-order valence-corrected chi connectivity index (χ2v) is 6.06. The molecule has 0 spiro atoms. The lowest BCUT2D eigenvalue weighted by Gasteiger charge is -2.21. The second-order valence-electron chi connectivity index (χ2n) is 6.06. The lowest BCUT2D eigenvalue weighted by Crippen LogP contribution is -2.28. The van der Waals surface area contributed by atoms with E-state index in [1.165, 1.54) is 12.8 Å². The summed E-state index contributed by atoms with van der Waals surface area (Å²) in [7, 11) is 3.81. The van der Waals surface area contributed by atoms with Crippen LogP contribution in [0.15, 0.2) is 18.2 Å². The number of nitrogens with two attached hydrogens (primary N) is 1. The van der Waals surface area contributed by atoms with Crippen molar-refractivity contribution in [3.63, 3.8) is 0 Å². The maximum absolute atomic E-state index is 11.9. The lowest BCUT2D eigenvalue weighted by molar-refractivity contribution is -0.118. The summed E-state index contributed by atoms with van der Waals surface area (Å²) in [4.78, 5) is 15.7. The average molecular weight is 289 g/mol. The average Bonchev–Trinajstić information content (AvgIpc) is 3.29. The highest BCUT2D eigenvalue weighted by atomic mass is 16.5. The number of anilines is 2. The molecule has 3 rings (SSSR count). The number of carbonyl (C=O) groups is 1. The van der Waals surface area contributed by atoms with Crippen LogP contribution < -0.4 is 15.5 Å². The van der Waals surface area contributed by atoms with Gasteiger partial charge in [-0.2, -0.15) is 0 Å². The van der Waals surface area contributed by atoms with Crippen LogP contribution in [0.3, 0.4) is 0 Å². The molecule has 1 saturated carbocycles. The number of nitrogens with zero attached hydrogens (tertiary/aromatic N) is 2. The molecule has 1 aromatic carbocycles. The Labute approximate surface area is 125 Å². The number of likely N-dealkylation sites (N-methyl/N-ethyl adjacent to an activating group) is 2. The molecule has 1 amide bonds. The summed E-state index contributed by atoms with van der Waals surface area (Å²) in [6.45, 7) is 2.47. The Kier molecular flexibility index (Phi) is 3.87. The molecule has 5 heteroatoms. The molecule has 2 N–H and O–H groups in total. The number of rotatable bonds is 6. The van der Waals surface area contributed by atoms with Gasteiger partial charge in [0.05, 0.1) is 12.3 Å². The van der Waals surface area contributed by atoms with Gasteiger partial charge in [-0.25, -0.2) is 0 Å². The van der Waals surface area contributed by atoms with E-state index in [-0.39, 0.29) is 5.91 Å². The summed E-state index contributed by atoms with van der Waals surface area (Å²) < 4.78 is 5.67. The predicted octanol–water partition coefficient (Wildman–Crippen LogP) is 1.53. The molecular weight excluding hydrogens is 266 g/mol. The molecule has 1 unspecified atom stereocenters. The highest BCUT2D eigenvalue weighted by Crippen LogP contribution is 2.36. The molecular formula is C16H23N3O2. The Balaban J connectivity index is 1.61. The largest absolute Gasteiger partial charge is 0.379 e. The summed E-state index contributed by atoms with van der Waals surface area (Å²) in [5.41, 5.74) is 8.81. The van der Waals surface area contributed by atoms with Crippen LogP contribution in [0.25, 0.3) is 0 Å². The molecule has 1 aliphatic heterocycles. The van der Waals surface area contributed by atoms with E-state index in [0.717, 1.165) is 42.6 Å². The van der Waals surface area contributed by atoms with E-state index in [2.05, 4.69) is 4.90 Å². The first-order valence-electron chi connectivity index (χ1n) is 7.54. The van der Waals surface area contributed by atoms with E-state index in [0.29, 0.717) is 0 Å². The van der Waals surface area contributed by atoms with E-state index in [1.807, 2.05) is 25.2 Å². The van der Waals surface area contributed by atoms with Crippen molar-refractivity contribution < 1.29 is 9.53 Å². The van der Waals surface area contributed by atoms with Crippen molar-refractivity contribution in [1.82, 2.24) is 0 Å². The minimum Gasteiger partial charge on any atom is -0.379 e. The Morgan fingerprint density at radius 2 is 2.19 bits per heavy atom. The topological polar surface area (TPSA) is 58.8 Å². The molecule has 114 valence electrons. The molecule has 1 fully saturated rings. The highest BCUT2D eigenvalue weighted by Gasteiger charge is 2.32. The smallest absolute Gasteiger partial charge is 0.248 e. The van der Waals surface area contributed by atoms with Gasteiger partial charge < -0.3 is 20.3 Å². The van der Waals surface area contributed by atoms with E-state index >= 15 is 0 Å². The summed E-state index contributed by atoms with van der Waals surface area (Å²) in [6.07, 6.45) is 2.64. The molecule has 0 saturated heterocycles. The number of hydrogen-bond acceptors (Lipinski definition) is 4. The van der Waals surface area contributed by atoms with Gasteiger partial charge in [0.1, 0.15) is 6.04 Å². The van der Waals surface area contributed by atoms with Crippen LogP contribution in [0.4, 0.5) is 11.4 Å². The molecule has 0 bridgehead atoms. The van der Waals surface area contributed by atoms with Crippen LogP contribution in [0.2, 0.25) is 0 Å². The SMILES string of the molecule is CN(CCOCC1CC1)c1ccc2c(c1)N(C)C(=O)C2N. The minimum absolute atomic E-state index is 0.0439. The number of hydrogen-bond donors (Lipinski definition) is 1. The van der Waals surface area contributed by atoms with Crippen molar-refractivity contribution in [3.05, 3.63) is 23.8 Å². The zero-order valence-corrected chi connectivity index (χ0v) is 12.7. The molecule has 21 heavy (non-hydrogen) atoms. The van der Waals surface area contributed by atoms with Gasteiger partial charge in [-0.15, -0.1) is 0 Å². The minimum atomic E-state index is -0.522. The summed E-state index contributed by atoms with van der Waals surface area (Å²) in [6, 6.07) is 5.48. The van der Waals surface area contributed by atoms with Gasteiger partial charge in [0.2, 0.25) is 5.91 Å². The van der Waals surface area contributed by atoms with Gasteiger partial charge in [0.15, 0.2) is 0 Å². The highest BCUT2D eigenvalue weighted by molar-refractivity contribution is 6.04. The van der Waals surface area contributed by atoms with Crippen molar-refractivity contribution in [3.8, 4) is 0 Å². The van der Waals surface area contributed by atoms with E-state index in [9.17, 15) is 4.79 Å². The number of benzene rings is 1. The van der Waals surface area contributed by atoms with Crippen LogP contribution in [0.1, 0.15) is 24.4 Å². The first-order valence-corrected chi connectivity index (χ1v) is 7.54. The summed E-state index contributed by atoms with van der Waals surface area (Å²) in [5, 5.41) is 0. The fourth-order valence-electron chi connectivity index (χ4n) is 2.65. The Hall–Kier alpha value is -1.59. The van der Waals surface area contributed by atoms with Gasteiger partial charge in [0.25, 0.3) is 0 Å². The van der Waals surface area contributed by atoms with Gasteiger partial charge >= 0.3 is 0 Å². The number of amides is 1. The Bertz CT molecular complexity index is 542. The van der Waals surface area contributed by atoms with Crippen LogP contribution >= 0.6 is 0 Å². The van der Waals surface area contributed by atoms with Crippen LogP contribution in [0, 0.1) is 5.92 Å². The van der Waals surface area contributed by atoms with Crippen LogP contribution in [-0.2, 0) is 9.53 Å². The summed E-state index contributed by atoms with van der Waals surface area (Å²) >= 11 is 0. The number of ether oxygens (including phenoxy) is 1. The third-order valence-corrected chi connectivity index (χ3v) is 4.37. The van der Waals surface area contributed by atoms with E-state index < -0.39 is 6.04 Å². The molecule has 0 radical (unpaired) electrons. The van der Waals surface area contributed by atoms with Gasteiger partial charge in [-0.3, -0.25) is 4.79 Å². The number of fused-ring (bicyclic) bond motifs is 1. The molecule has 2 aliphatic rings. The third kappa shape index (κ3) is 2.89. The maximum atomic E-state index is 11.9. The molecule has 5 nitrogen and oxygen atoms in total. The number of carbonyl (C=O) groups excluding carboxylic acids is 1. The standard InChI is InChI=1S/C16H23N3O2/c1-18(7-8-21-10-11-3-4-11)12-5-6-13-14(9-12)19(2)16(20)15(13)17/h5-6,9,11,15H,3-4,7-8,10,17H2,1-2H3. The first kappa shape index (κ1) is 14.4. The van der Waals surface area contributed by atoms with Gasteiger partial charge in [0, 0.05) is 38.5 Å². The quantitative estimate of drug-likeness (QED) is 0.807. The Morgan fingerprint density at radius 1 is 1.43 bits per heavy atom. The first-order chi connectivity index (χ1) is 10.1. The summed E-state index contributed by atoms with van der Waals surface area (Å²) in [5.74, 6) is 0.758. The van der Waals surface area contributed by atoms with Crippen molar-refractivity contribution in [2.45, 2.75) is 18.9 Å². The molecule has 1 atom stereocenters. The van der Waals surface area contributed by atoms with Crippen LogP contribution in [-0.4, -0.2) is 39.8 Å². The fraction of sp³-hybridized carbons (Fsp3) is 0.562. The monoisotopic (exact) mass is 289 g/mol. The van der Waals surface area contributed by atoms with Gasteiger partial charge in [-0.05, 0) is 30.9 Å². The van der Waals surface area contributed by atoms with Crippen molar-refractivity contribution in [2.24, 2.45) is 11.7 Å². The fourth-order valence-corrected chi connectivity index (χ4v) is 2.65. The third-order valence-electron chi connectivity index (χ3n) is 4.37. The Morgan fingerprint density at radius 3 is 2.90 bits per heavy atom. The van der Waals surface area contributed by atoms with Crippen LogP contribution in [0.5, 0.6) is 0 Å². The molecule has 1 heterocycles. The normalized spacial score (nSPS) is 20.8. The molecule has 0 aromatic heterocycles. The zero-order valence-electron chi connectivity index (χ0n) is 12.7. The van der Waals surface area contributed by atoms with Crippen molar-refractivity contribution in [2.75, 3.05) is 43.7 Å². The van der Waals surface area contributed by atoms with E-state index in [4.69, 9.17) is 10.5 Å². The predicted molar refractivity (Wildman–Crippen MR) is 83.6 cm³/mol. The van der Waals surface area contributed by atoms with Crippen molar-refractivity contribution >= 4 is 17.3 Å². The molecule has 1 aliphatic carbocycles. The van der Waals surface area contributed by atoms with Gasteiger partial charge in [-0.1, -0.05) is 6.07 Å². The second kappa shape index (κ2) is 5.66. The molecule has 1 aromatic rings. The van der Waals surface area contributed by atoms with Crippen molar-refractivity contribution in [1.29, 1.82) is 0 Å². The van der Waals surface area contributed by atoms with E-state index in [1.54, 1.807) is 11.9 Å². The zero-order chi connectivity index (χ0) is 15.0.